The first kappa shape index (κ1) is 17.2. The van der Waals surface area contributed by atoms with Gasteiger partial charge in [-0.15, -0.1) is 0 Å². The fourth-order valence-electron chi connectivity index (χ4n) is 2.23. The van der Waals surface area contributed by atoms with Crippen molar-refractivity contribution in [2.45, 2.75) is 51.7 Å². The monoisotopic (exact) mass is 291 g/mol. The van der Waals surface area contributed by atoms with Gasteiger partial charge >= 0.3 is 6.09 Å². The number of rotatable bonds is 4. The number of likely N-dealkylation sites (N-methyl/N-ethyl adjacent to an activating group) is 1. The topological polar surface area (TPSA) is 46.6 Å². The van der Waals surface area contributed by atoms with Crippen LogP contribution in [-0.2, 0) is 14.9 Å². The minimum atomic E-state index is -0.602. The number of carbonyl (C=O) groups excluding carboxylic acids is 2. The van der Waals surface area contributed by atoms with E-state index in [0.717, 1.165) is 11.8 Å². The molecule has 1 aromatic rings. The van der Waals surface area contributed by atoms with Crippen molar-refractivity contribution in [1.29, 1.82) is 0 Å². The fourth-order valence-corrected chi connectivity index (χ4v) is 2.23. The number of carbonyl (C=O) groups is 2. The Morgan fingerprint density at radius 1 is 1.14 bits per heavy atom. The van der Waals surface area contributed by atoms with Crippen LogP contribution in [0.2, 0.25) is 0 Å². The lowest BCUT2D eigenvalue weighted by Gasteiger charge is -2.37. The quantitative estimate of drug-likeness (QED) is 0.799. The molecule has 1 rings (SSSR count). The van der Waals surface area contributed by atoms with E-state index in [1.807, 2.05) is 44.2 Å². The molecule has 116 valence electrons. The molecule has 1 aromatic carbocycles. The summed E-state index contributed by atoms with van der Waals surface area (Å²) in [5.74, 6) is 0. The molecule has 0 spiro atoms. The third-order valence-corrected chi connectivity index (χ3v) is 3.48. The highest BCUT2D eigenvalue weighted by molar-refractivity contribution is 5.75. The normalized spacial score (nSPS) is 13.4. The number of benzene rings is 1. The molecule has 0 N–H and O–H groups in total. The standard InChI is InChI=1S/C17H25NO3/c1-16(2,3)21-15(20)18(6)14(12-19)17(4,5)13-10-8-7-9-11-13/h7-12,14H,1-6H3/t14-/m1/s1. The largest absolute Gasteiger partial charge is 0.444 e. The van der Waals surface area contributed by atoms with Gasteiger partial charge in [-0.3, -0.25) is 0 Å². The van der Waals surface area contributed by atoms with Crippen LogP contribution in [0.3, 0.4) is 0 Å². The number of amides is 1. The Bertz CT molecular complexity index is 489. The molecule has 0 aromatic heterocycles. The maximum absolute atomic E-state index is 12.2. The van der Waals surface area contributed by atoms with Crippen molar-refractivity contribution < 1.29 is 14.3 Å². The van der Waals surface area contributed by atoms with Crippen LogP contribution in [0.1, 0.15) is 40.2 Å². The first-order valence-corrected chi connectivity index (χ1v) is 7.06. The predicted molar refractivity (Wildman–Crippen MR) is 83.3 cm³/mol. The molecule has 1 amide bonds. The molecule has 0 bridgehead atoms. The summed E-state index contributed by atoms with van der Waals surface area (Å²) in [7, 11) is 1.60. The maximum Gasteiger partial charge on any atom is 0.410 e. The number of aldehydes is 1. The van der Waals surface area contributed by atoms with Gasteiger partial charge in [0.1, 0.15) is 11.9 Å². The first-order valence-electron chi connectivity index (χ1n) is 7.06. The molecule has 0 aliphatic carbocycles. The van der Waals surface area contributed by atoms with Gasteiger partial charge in [-0.2, -0.15) is 0 Å². The highest BCUT2D eigenvalue weighted by Gasteiger charge is 2.37. The van der Waals surface area contributed by atoms with Gasteiger partial charge in [0.05, 0.1) is 6.04 Å². The van der Waals surface area contributed by atoms with Crippen LogP contribution in [0.25, 0.3) is 0 Å². The van der Waals surface area contributed by atoms with Crippen LogP contribution in [0.4, 0.5) is 4.79 Å². The lowest BCUT2D eigenvalue weighted by Crippen LogP contribution is -2.50. The van der Waals surface area contributed by atoms with E-state index in [1.54, 1.807) is 27.8 Å². The SMILES string of the molecule is CN(C(=O)OC(C)(C)C)[C@H](C=O)C(C)(C)c1ccccc1. The minimum Gasteiger partial charge on any atom is -0.444 e. The average Bonchev–Trinajstić information content (AvgIpc) is 2.38. The van der Waals surface area contributed by atoms with Crippen LogP contribution in [-0.4, -0.2) is 36.0 Å². The molecule has 4 nitrogen and oxygen atoms in total. The van der Waals surface area contributed by atoms with E-state index in [2.05, 4.69) is 0 Å². The van der Waals surface area contributed by atoms with E-state index < -0.39 is 23.2 Å². The van der Waals surface area contributed by atoms with E-state index in [0.29, 0.717) is 0 Å². The molecule has 0 saturated heterocycles. The summed E-state index contributed by atoms with van der Waals surface area (Å²) in [6, 6.07) is 9.08. The molecular weight excluding hydrogens is 266 g/mol. The second-order valence-corrected chi connectivity index (χ2v) is 6.76. The van der Waals surface area contributed by atoms with Gasteiger partial charge in [0, 0.05) is 12.5 Å². The van der Waals surface area contributed by atoms with Gasteiger partial charge in [-0.1, -0.05) is 44.2 Å². The van der Waals surface area contributed by atoms with Gasteiger partial charge in [-0.25, -0.2) is 4.79 Å². The van der Waals surface area contributed by atoms with Crippen molar-refractivity contribution in [3.05, 3.63) is 35.9 Å². The van der Waals surface area contributed by atoms with Crippen molar-refractivity contribution in [2.75, 3.05) is 7.05 Å². The van der Waals surface area contributed by atoms with Gasteiger partial charge < -0.3 is 14.4 Å². The second kappa shape index (κ2) is 6.29. The van der Waals surface area contributed by atoms with Crippen LogP contribution in [0.15, 0.2) is 30.3 Å². The Balaban J connectivity index is 3.01. The van der Waals surface area contributed by atoms with Crippen molar-refractivity contribution in [3.8, 4) is 0 Å². The summed E-state index contributed by atoms with van der Waals surface area (Å²) < 4.78 is 5.34. The Kier molecular flexibility index (Phi) is 5.15. The average molecular weight is 291 g/mol. The molecule has 0 fully saturated rings. The van der Waals surface area contributed by atoms with Crippen molar-refractivity contribution in [2.24, 2.45) is 0 Å². The molecule has 0 aliphatic rings. The summed E-state index contributed by atoms with van der Waals surface area (Å²) >= 11 is 0. The summed E-state index contributed by atoms with van der Waals surface area (Å²) in [4.78, 5) is 25.1. The lowest BCUT2D eigenvalue weighted by molar-refractivity contribution is -0.114. The molecule has 0 radical (unpaired) electrons. The van der Waals surface area contributed by atoms with Crippen LogP contribution >= 0.6 is 0 Å². The zero-order valence-electron chi connectivity index (χ0n) is 13.7. The minimum absolute atomic E-state index is 0.497. The van der Waals surface area contributed by atoms with E-state index in [4.69, 9.17) is 4.74 Å². The number of hydrogen-bond acceptors (Lipinski definition) is 3. The lowest BCUT2D eigenvalue weighted by atomic mass is 9.78. The second-order valence-electron chi connectivity index (χ2n) is 6.76. The molecular formula is C17H25NO3. The Morgan fingerprint density at radius 2 is 1.67 bits per heavy atom. The smallest absolute Gasteiger partial charge is 0.410 e. The van der Waals surface area contributed by atoms with Crippen LogP contribution in [0.5, 0.6) is 0 Å². The summed E-state index contributed by atoms with van der Waals surface area (Å²) in [6.07, 6.45) is 0.306. The highest BCUT2D eigenvalue weighted by atomic mass is 16.6. The van der Waals surface area contributed by atoms with E-state index in [1.165, 1.54) is 4.90 Å². The zero-order chi connectivity index (χ0) is 16.3. The Morgan fingerprint density at radius 3 is 2.10 bits per heavy atom. The Labute approximate surface area is 127 Å². The van der Waals surface area contributed by atoms with E-state index >= 15 is 0 Å². The molecule has 0 aliphatic heterocycles. The van der Waals surface area contributed by atoms with Gasteiger partial charge in [-0.05, 0) is 26.3 Å². The van der Waals surface area contributed by atoms with E-state index in [-0.39, 0.29) is 0 Å². The van der Waals surface area contributed by atoms with Gasteiger partial charge in [0.15, 0.2) is 0 Å². The Hall–Kier alpha value is -1.84. The summed E-state index contributed by atoms with van der Waals surface area (Å²) in [5.41, 5.74) is -0.0952. The maximum atomic E-state index is 12.2. The van der Waals surface area contributed by atoms with Crippen molar-refractivity contribution >= 4 is 12.4 Å². The molecule has 0 unspecified atom stereocenters. The van der Waals surface area contributed by atoms with Gasteiger partial charge in [0.2, 0.25) is 0 Å². The third kappa shape index (κ3) is 4.31. The van der Waals surface area contributed by atoms with Gasteiger partial charge in [0.25, 0.3) is 0 Å². The molecule has 1 atom stereocenters. The summed E-state index contributed by atoms with van der Waals surface area (Å²) in [5, 5.41) is 0. The number of nitrogens with zero attached hydrogens (tertiary/aromatic N) is 1. The molecule has 4 heteroatoms. The van der Waals surface area contributed by atoms with E-state index in [9.17, 15) is 9.59 Å². The van der Waals surface area contributed by atoms with Crippen molar-refractivity contribution in [1.82, 2.24) is 4.90 Å². The number of ether oxygens (including phenoxy) is 1. The van der Waals surface area contributed by atoms with Crippen molar-refractivity contribution in [3.63, 3.8) is 0 Å². The molecule has 0 saturated carbocycles. The zero-order valence-corrected chi connectivity index (χ0v) is 13.7. The molecule has 21 heavy (non-hydrogen) atoms. The number of hydrogen-bond donors (Lipinski definition) is 0. The molecule has 0 heterocycles. The summed E-state index contributed by atoms with van der Waals surface area (Å²) in [6.45, 7) is 9.30. The fraction of sp³-hybridized carbons (Fsp3) is 0.529. The highest BCUT2D eigenvalue weighted by Crippen LogP contribution is 2.29. The van der Waals surface area contributed by atoms with Crippen LogP contribution < -0.4 is 0 Å². The predicted octanol–water partition coefficient (Wildman–Crippen LogP) is 3.40. The third-order valence-electron chi connectivity index (χ3n) is 3.48. The first-order chi connectivity index (χ1) is 9.59. The van der Waals surface area contributed by atoms with Crippen LogP contribution in [0, 0.1) is 0 Å².